The number of anilines is 1. The van der Waals surface area contributed by atoms with Gasteiger partial charge in [-0.25, -0.2) is 4.79 Å². The van der Waals surface area contributed by atoms with Crippen LogP contribution in [0.3, 0.4) is 0 Å². The summed E-state index contributed by atoms with van der Waals surface area (Å²) in [6.07, 6.45) is -4.83. The van der Waals surface area contributed by atoms with Crippen molar-refractivity contribution in [3.8, 4) is 0 Å². The minimum Gasteiger partial charge on any atom is -0.447 e. The molecule has 11 heteroatoms. The third-order valence-corrected chi connectivity index (χ3v) is 6.42. The summed E-state index contributed by atoms with van der Waals surface area (Å²) in [5, 5.41) is 5.94. The van der Waals surface area contributed by atoms with Crippen LogP contribution >= 0.6 is 23.6 Å². The maximum Gasteiger partial charge on any atom is 0.416 e. The summed E-state index contributed by atoms with van der Waals surface area (Å²) in [4.78, 5) is 11.9. The van der Waals surface area contributed by atoms with Crippen molar-refractivity contribution in [2.24, 2.45) is 5.92 Å². The normalized spacial score (nSPS) is 24.1. The summed E-state index contributed by atoms with van der Waals surface area (Å²) < 4.78 is 52.6. The first-order chi connectivity index (χ1) is 16.2. The van der Waals surface area contributed by atoms with Crippen LogP contribution in [0.2, 0.25) is 0 Å². The van der Waals surface area contributed by atoms with Gasteiger partial charge >= 0.3 is 12.3 Å². The fraction of sp³-hybridized carbons (Fsp3) is 0.435. The lowest BCUT2D eigenvalue weighted by Crippen LogP contribution is -2.41. The molecule has 0 unspecified atom stereocenters. The van der Waals surface area contributed by atoms with Gasteiger partial charge in [0.05, 0.1) is 23.8 Å². The van der Waals surface area contributed by atoms with Crippen molar-refractivity contribution in [1.82, 2.24) is 9.25 Å². The van der Waals surface area contributed by atoms with Gasteiger partial charge in [-0.2, -0.15) is 13.2 Å². The van der Waals surface area contributed by atoms with Crippen LogP contribution in [0.15, 0.2) is 48.5 Å². The number of halogens is 5. The number of alkyl halides is 3. The van der Waals surface area contributed by atoms with E-state index in [1.807, 2.05) is 30.3 Å². The van der Waals surface area contributed by atoms with E-state index in [9.17, 15) is 18.0 Å². The second-order valence-electron chi connectivity index (χ2n) is 8.30. The molecule has 0 saturated carbocycles. The SMILES string of the molecule is O=C(NCCN(Cl)Cl)OC[C@H]1CC[C@@H]2[C@H](O1)c1cc(C(F)(F)F)ccc1N[C@H]2c1ccccc1. The molecular weight excluding hydrogens is 494 g/mol. The molecule has 2 heterocycles. The summed E-state index contributed by atoms with van der Waals surface area (Å²) in [5.74, 6) is -0.0816. The third-order valence-electron chi connectivity index (χ3n) is 6.08. The van der Waals surface area contributed by atoms with Crippen molar-refractivity contribution in [1.29, 1.82) is 0 Å². The highest BCUT2D eigenvalue weighted by molar-refractivity contribution is 6.33. The molecule has 0 radical (unpaired) electrons. The summed E-state index contributed by atoms with van der Waals surface area (Å²) in [6.45, 7) is 0.395. The zero-order valence-electron chi connectivity index (χ0n) is 18.0. The number of fused-ring (bicyclic) bond motifs is 3. The Morgan fingerprint density at radius 1 is 1.18 bits per heavy atom. The Labute approximate surface area is 205 Å². The monoisotopic (exact) mass is 517 g/mol. The van der Waals surface area contributed by atoms with Crippen LogP contribution in [0, 0.1) is 5.92 Å². The molecule has 0 spiro atoms. The predicted molar refractivity (Wildman–Crippen MR) is 122 cm³/mol. The van der Waals surface area contributed by atoms with E-state index in [0.29, 0.717) is 24.1 Å². The Balaban J connectivity index is 1.52. The van der Waals surface area contributed by atoms with E-state index in [2.05, 4.69) is 10.6 Å². The van der Waals surface area contributed by atoms with Gasteiger partial charge in [0.25, 0.3) is 0 Å². The largest absolute Gasteiger partial charge is 0.447 e. The number of amides is 1. The smallest absolute Gasteiger partial charge is 0.416 e. The minimum absolute atomic E-state index is 0.0156. The number of hydrogen-bond acceptors (Lipinski definition) is 5. The lowest BCUT2D eigenvalue weighted by Gasteiger charge is -2.45. The van der Waals surface area contributed by atoms with Crippen molar-refractivity contribution in [3.63, 3.8) is 0 Å². The first-order valence-corrected chi connectivity index (χ1v) is 11.6. The van der Waals surface area contributed by atoms with E-state index >= 15 is 0 Å². The van der Waals surface area contributed by atoms with Gasteiger partial charge in [0, 0.05) is 30.3 Å². The molecule has 184 valence electrons. The van der Waals surface area contributed by atoms with Gasteiger partial charge in [-0.15, -0.1) is 3.94 Å². The van der Waals surface area contributed by atoms with Gasteiger partial charge in [0.1, 0.15) is 6.61 Å². The van der Waals surface area contributed by atoms with Gasteiger partial charge in [-0.1, -0.05) is 30.3 Å². The molecule has 1 amide bonds. The Morgan fingerprint density at radius 3 is 2.65 bits per heavy atom. The second kappa shape index (κ2) is 10.6. The standard InChI is InChI=1S/C23H24Cl2F3N3O3/c24-31(25)11-10-29-22(32)33-13-16-7-8-17-20(14-4-2-1-3-5-14)30-19-9-6-15(23(26,27)28)12-18(19)21(17)34-16/h1-6,9,12,16-17,20-21,30H,7-8,10-11,13H2,(H,29,32)/t16-,17+,20+,21+/m1/s1. The molecule has 2 N–H and O–H groups in total. The zero-order valence-corrected chi connectivity index (χ0v) is 19.5. The maximum absolute atomic E-state index is 13.4. The summed E-state index contributed by atoms with van der Waals surface area (Å²) >= 11 is 10.9. The van der Waals surface area contributed by atoms with Crippen LogP contribution in [-0.2, 0) is 15.7 Å². The zero-order chi connectivity index (χ0) is 24.3. The fourth-order valence-electron chi connectivity index (χ4n) is 4.51. The molecule has 2 aromatic rings. The highest BCUT2D eigenvalue weighted by Gasteiger charge is 2.43. The van der Waals surface area contributed by atoms with Crippen LogP contribution < -0.4 is 10.6 Å². The predicted octanol–water partition coefficient (Wildman–Crippen LogP) is 6.04. The quantitative estimate of drug-likeness (QED) is 0.457. The highest BCUT2D eigenvalue weighted by atomic mass is 35.5. The topological polar surface area (TPSA) is 62.8 Å². The van der Waals surface area contributed by atoms with E-state index in [0.717, 1.165) is 21.6 Å². The van der Waals surface area contributed by atoms with E-state index in [-0.39, 0.29) is 31.7 Å². The number of alkyl carbamates (subject to hydrolysis) is 1. The van der Waals surface area contributed by atoms with Crippen molar-refractivity contribution < 1.29 is 27.4 Å². The van der Waals surface area contributed by atoms with Crippen molar-refractivity contribution in [2.75, 3.05) is 25.0 Å². The molecule has 0 aliphatic carbocycles. The number of hydrogen-bond donors (Lipinski definition) is 2. The van der Waals surface area contributed by atoms with Crippen LogP contribution in [0.4, 0.5) is 23.7 Å². The number of carbonyl (C=O) groups is 1. The number of carbonyl (C=O) groups excluding carboxylic acids is 1. The van der Waals surface area contributed by atoms with Gasteiger partial charge in [-0.3, -0.25) is 0 Å². The Hall–Kier alpha value is -2.20. The molecule has 1 saturated heterocycles. The fourth-order valence-corrected chi connectivity index (χ4v) is 4.68. The average molecular weight is 518 g/mol. The lowest BCUT2D eigenvalue weighted by atomic mass is 9.76. The molecule has 0 aromatic heterocycles. The molecule has 34 heavy (non-hydrogen) atoms. The van der Waals surface area contributed by atoms with Crippen LogP contribution in [-0.4, -0.2) is 35.8 Å². The molecule has 4 rings (SSSR count). The van der Waals surface area contributed by atoms with Crippen LogP contribution in [0.1, 0.15) is 41.7 Å². The van der Waals surface area contributed by atoms with Crippen molar-refractivity contribution in [2.45, 2.75) is 37.3 Å². The Bertz CT molecular complexity index is 994. The molecule has 2 aliphatic rings. The first kappa shape index (κ1) is 24.9. The van der Waals surface area contributed by atoms with Crippen LogP contribution in [0.25, 0.3) is 0 Å². The van der Waals surface area contributed by atoms with E-state index in [4.69, 9.17) is 33.0 Å². The minimum atomic E-state index is -4.46. The number of nitrogens with zero attached hydrogens (tertiary/aromatic N) is 1. The van der Waals surface area contributed by atoms with Gasteiger partial charge in [-0.05, 0) is 60.2 Å². The molecular formula is C23H24Cl2F3N3O3. The molecule has 6 nitrogen and oxygen atoms in total. The molecule has 0 bridgehead atoms. The second-order valence-corrected chi connectivity index (χ2v) is 9.29. The van der Waals surface area contributed by atoms with E-state index < -0.39 is 30.0 Å². The average Bonchev–Trinajstić information content (AvgIpc) is 2.81. The molecule has 4 atom stereocenters. The Morgan fingerprint density at radius 2 is 1.94 bits per heavy atom. The third kappa shape index (κ3) is 5.89. The van der Waals surface area contributed by atoms with E-state index in [1.165, 1.54) is 6.07 Å². The van der Waals surface area contributed by atoms with E-state index in [1.54, 1.807) is 0 Å². The summed E-state index contributed by atoms with van der Waals surface area (Å²) in [6, 6.07) is 13.3. The van der Waals surface area contributed by atoms with Crippen molar-refractivity contribution >= 4 is 35.3 Å². The van der Waals surface area contributed by atoms with Gasteiger partial charge in [0.2, 0.25) is 0 Å². The molecule has 2 aromatic carbocycles. The number of benzene rings is 2. The molecule has 1 fully saturated rings. The number of ether oxygens (including phenoxy) is 2. The maximum atomic E-state index is 13.4. The van der Waals surface area contributed by atoms with Gasteiger partial charge in [0.15, 0.2) is 0 Å². The molecule has 2 aliphatic heterocycles. The van der Waals surface area contributed by atoms with Gasteiger partial charge < -0.3 is 20.1 Å². The summed E-state index contributed by atoms with van der Waals surface area (Å²) in [7, 11) is 0. The lowest BCUT2D eigenvalue weighted by molar-refractivity contribution is -0.138. The highest BCUT2D eigenvalue weighted by Crippen LogP contribution is 2.51. The summed E-state index contributed by atoms with van der Waals surface area (Å²) in [5.41, 5.74) is 1.38. The van der Waals surface area contributed by atoms with Crippen molar-refractivity contribution in [3.05, 3.63) is 65.2 Å². The first-order valence-electron chi connectivity index (χ1n) is 10.9. The van der Waals surface area contributed by atoms with Crippen LogP contribution in [0.5, 0.6) is 0 Å². The number of nitrogens with one attached hydrogen (secondary N) is 2. The number of rotatable bonds is 6. The Kier molecular flexibility index (Phi) is 7.77.